The van der Waals surface area contributed by atoms with Crippen molar-refractivity contribution in [3.63, 3.8) is 0 Å². The number of nitrogens with zero attached hydrogens (tertiary/aromatic N) is 3. The topological polar surface area (TPSA) is 94.0 Å². The van der Waals surface area contributed by atoms with Crippen LogP contribution in [0.3, 0.4) is 0 Å². The van der Waals surface area contributed by atoms with E-state index in [0.29, 0.717) is 40.8 Å². The van der Waals surface area contributed by atoms with E-state index < -0.39 is 27.6 Å². The standard InChI is InChI=1S/C23H25F3N4O3S/c1-13-16(5-4-6-19(13)23(24,25)26)14(2)29-20-18-11-17(15-7-9-34(32,33)10-8-15)22(31)30(3)21(18)28-12-27-20/h4-6,11-12,14-15H,7-10H2,1-3H3,(H,27,28,29)/t14-/m1/s1. The number of alkyl halides is 3. The number of aryl methyl sites for hydroxylation is 1. The molecule has 3 aromatic rings. The van der Waals surface area contributed by atoms with Crippen LogP contribution in [0.5, 0.6) is 0 Å². The van der Waals surface area contributed by atoms with Crippen LogP contribution in [0.2, 0.25) is 0 Å². The number of hydrogen-bond acceptors (Lipinski definition) is 6. The molecule has 1 aromatic carbocycles. The van der Waals surface area contributed by atoms with Gasteiger partial charge in [0.15, 0.2) is 0 Å². The number of aromatic nitrogens is 3. The summed E-state index contributed by atoms with van der Waals surface area (Å²) in [6.07, 6.45) is -2.44. The lowest BCUT2D eigenvalue weighted by atomic mass is 9.93. The normalized spacial score (nSPS) is 17.6. The molecule has 3 heterocycles. The highest BCUT2D eigenvalue weighted by molar-refractivity contribution is 7.91. The first kappa shape index (κ1) is 24.2. The van der Waals surface area contributed by atoms with Gasteiger partial charge in [0.2, 0.25) is 0 Å². The Morgan fingerprint density at radius 3 is 2.50 bits per heavy atom. The van der Waals surface area contributed by atoms with Gasteiger partial charge in [-0.3, -0.25) is 9.36 Å². The fraction of sp³-hybridized carbons (Fsp3) is 0.435. The van der Waals surface area contributed by atoms with E-state index in [0.717, 1.165) is 6.07 Å². The van der Waals surface area contributed by atoms with Crippen molar-refractivity contribution in [1.82, 2.24) is 14.5 Å². The molecule has 1 N–H and O–H groups in total. The lowest BCUT2D eigenvalue weighted by molar-refractivity contribution is -0.138. The summed E-state index contributed by atoms with van der Waals surface area (Å²) in [6.45, 7) is 3.18. The zero-order valence-electron chi connectivity index (χ0n) is 19.0. The lowest BCUT2D eigenvalue weighted by Crippen LogP contribution is -2.29. The van der Waals surface area contributed by atoms with Gasteiger partial charge in [0, 0.05) is 12.6 Å². The Kier molecular flexibility index (Phi) is 6.17. The van der Waals surface area contributed by atoms with Crippen molar-refractivity contribution >= 4 is 26.7 Å². The monoisotopic (exact) mass is 494 g/mol. The molecule has 182 valence electrons. The molecule has 7 nitrogen and oxygen atoms in total. The highest BCUT2D eigenvalue weighted by Crippen LogP contribution is 2.36. The number of nitrogens with one attached hydrogen (secondary N) is 1. The molecule has 0 spiro atoms. The van der Waals surface area contributed by atoms with Crippen LogP contribution in [-0.2, 0) is 23.1 Å². The number of benzene rings is 1. The van der Waals surface area contributed by atoms with E-state index in [2.05, 4.69) is 15.3 Å². The van der Waals surface area contributed by atoms with E-state index in [9.17, 15) is 26.4 Å². The molecular formula is C23H25F3N4O3S. The minimum atomic E-state index is -4.46. The van der Waals surface area contributed by atoms with E-state index in [1.165, 1.54) is 23.9 Å². The molecule has 11 heteroatoms. The van der Waals surface area contributed by atoms with E-state index >= 15 is 0 Å². The van der Waals surface area contributed by atoms with Gasteiger partial charge in [-0.15, -0.1) is 0 Å². The van der Waals surface area contributed by atoms with Gasteiger partial charge in [0.05, 0.1) is 28.5 Å². The second kappa shape index (κ2) is 8.68. The lowest BCUT2D eigenvalue weighted by Gasteiger charge is -2.23. The predicted octanol–water partition coefficient (Wildman–Crippen LogP) is 4.12. The average molecular weight is 495 g/mol. The van der Waals surface area contributed by atoms with Crippen LogP contribution in [-0.4, -0.2) is 34.5 Å². The SMILES string of the molecule is Cc1c([C@@H](C)Nc2ncnc3c2cc(C2CCS(=O)(=O)CC2)c(=O)n3C)cccc1C(F)(F)F. The molecule has 0 amide bonds. The maximum atomic E-state index is 13.4. The van der Waals surface area contributed by atoms with Gasteiger partial charge in [-0.25, -0.2) is 18.4 Å². The summed E-state index contributed by atoms with van der Waals surface area (Å²) in [5.41, 5.74) is 0.536. The Morgan fingerprint density at radius 1 is 1.18 bits per heavy atom. The molecule has 1 aliphatic heterocycles. The highest BCUT2D eigenvalue weighted by atomic mass is 32.2. The van der Waals surface area contributed by atoms with Gasteiger partial charge in [0.1, 0.15) is 27.6 Å². The fourth-order valence-corrected chi connectivity index (χ4v) is 6.11. The van der Waals surface area contributed by atoms with Crippen LogP contribution in [0.25, 0.3) is 11.0 Å². The zero-order valence-corrected chi connectivity index (χ0v) is 19.8. The van der Waals surface area contributed by atoms with Gasteiger partial charge in [-0.05, 0) is 55.9 Å². The minimum Gasteiger partial charge on any atom is -0.363 e. The first-order chi connectivity index (χ1) is 15.9. The number of sulfone groups is 1. The first-order valence-corrected chi connectivity index (χ1v) is 12.7. The summed E-state index contributed by atoms with van der Waals surface area (Å²) >= 11 is 0. The summed E-state index contributed by atoms with van der Waals surface area (Å²) in [7, 11) is -1.50. The average Bonchev–Trinajstić information content (AvgIpc) is 2.76. The molecule has 0 radical (unpaired) electrons. The van der Waals surface area contributed by atoms with Gasteiger partial charge in [-0.1, -0.05) is 12.1 Å². The van der Waals surface area contributed by atoms with Gasteiger partial charge in [0.25, 0.3) is 5.56 Å². The third kappa shape index (κ3) is 4.53. The smallest absolute Gasteiger partial charge is 0.363 e. The Morgan fingerprint density at radius 2 is 1.85 bits per heavy atom. The number of anilines is 1. The van der Waals surface area contributed by atoms with Gasteiger partial charge in [-0.2, -0.15) is 13.2 Å². The molecule has 0 saturated carbocycles. The maximum Gasteiger partial charge on any atom is 0.416 e. The van der Waals surface area contributed by atoms with Crippen molar-refractivity contribution in [2.75, 3.05) is 16.8 Å². The van der Waals surface area contributed by atoms with Crippen LogP contribution < -0.4 is 10.9 Å². The predicted molar refractivity (Wildman–Crippen MR) is 124 cm³/mol. The molecule has 0 bridgehead atoms. The van der Waals surface area contributed by atoms with Crippen molar-refractivity contribution < 1.29 is 21.6 Å². The van der Waals surface area contributed by atoms with Crippen molar-refractivity contribution in [2.24, 2.45) is 7.05 Å². The third-order valence-corrected chi connectivity index (χ3v) is 8.24. The van der Waals surface area contributed by atoms with E-state index in [1.807, 2.05) is 0 Å². The van der Waals surface area contributed by atoms with Crippen LogP contribution in [0.15, 0.2) is 35.4 Å². The quantitative estimate of drug-likeness (QED) is 0.587. The summed E-state index contributed by atoms with van der Waals surface area (Å²) < 4.78 is 65.2. The van der Waals surface area contributed by atoms with Crippen molar-refractivity contribution in [2.45, 2.75) is 44.8 Å². The number of hydrogen-bond donors (Lipinski definition) is 1. The van der Waals surface area contributed by atoms with Gasteiger partial charge >= 0.3 is 6.18 Å². The molecule has 1 atom stereocenters. The van der Waals surface area contributed by atoms with Crippen LogP contribution in [0.4, 0.5) is 19.0 Å². The molecule has 4 rings (SSSR count). The summed E-state index contributed by atoms with van der Waals surface area (Å²) in [4.78, 5) is 21.5. The molecule has 0 aliphatic carbocycles. The van der Waals surface area contributed by atoms with Crippen LogP contribution in [0.1, 0.15) is 54.0 Å². The fourth-order valence-electron chi connectivity index (χ4n) is 4.61. The number of rotatable bonds is 4. The third-order valence-electron chi connectivity index (χ3n) is 6.53. The summed E-state index contributed by atoms with van der Waals surface area (Å²) in [5, 5.41) is 3.73. The summed E-state index contributed by atoms with van der Waals surface area (Å²) in [6, 6.07) is 5.24. The molecule has 1 saturated heterocycles. The Bertz CT molecular complexity index is 1400. The number of halogens is 3. The van der Waals surface area contributed by atoms with Crippen LogP contribution >= 0.6 is 0 Å². The molecule has 1 aliphatic rings. The number of pyridine rings is 1. The van der Waals surface area contributed by atoms with E-state index in [-0.39, 0.29) is 28.5 Å². The zero-order chi connectivity index (χ0) is 24.8. The van der Waals surface area contributed by atoms with Crippen molar-refractivity contribution in [3.05, 3.63) is 63.2 Å². The van der Waals surface area contributed by atoms with Crippen LogP contribution in [0, 0.1) is 6.92 Å². The molecule has 34 heavy (non-hydrogen) atoms. The molecule has 2 aromatic heterocycles. The van der Waals surface area contributed by atoms with Crippen molar-refractivity contribution in [3.8, 4) is 0 Å². The van der Waals surface area contributed by atoms with E-state index in [4.69, 9.17) is 0 Å². The molecule has 0 unspecified atom stereocenters. The van der Waals surface area contributed by atoms with Crippen molar-refractivity contribution in [1.29, 1.82) is 0 Å². The number of fused-ring (bicyclic) bond motifs is 1. The minimum absolute atomic E-state index is 0.0289. The second-order valence-corrected chi connectivity index (χ2v) is 11.0. The maximum absolute atomic E-state index is 13.4. The van der Waals surface area contributed by atoms with E-state index in [1.54, 1.807) is 26.1 Å². The molecule has 1 fully saturated rings. The Labute approximate surface area is 195 Å². The highest BCUT2D eigenvalue weighted by Gasteiger charge is 2.33. The Balaban J connectivity index is 1.74. The second-order valence-electron chi connectivity index (χ2n) is 8.73. The Hall–Kier alpha value is -2.95. The largest absolute Gasteiger partial charge is 0.416 e. The first-order valence-electron chi connectivity index (χ1n) is 10.9. The van der Waals surface area contributed by atoms with Gasteiger partial charge < -0.3 is 5.32 Å². The summed E-state index contributed by atoms with van der Waals surface area (Å²) in [5.74, 6) is 0.236. The molecular weight excluding hydrogens is 469 g/mol.